The summed E-state index contributed by atoms with van der Waals surface area (Å²) in [6.07, 6.45) is 0. The van der Waals surface area contributed by atoms with Crippen molar-refractivity contribution in [3.63, 3.8) is 0 Å². The first kappa shape index (κ1) is 19.7. The molecule has 0 fully saturated rings. The van der Waals surface area contributed by atoms with Gasteiger partial charge in [-0.2, -0.15) is 0 Å². The summed E-state index contributed by atoms with van der Waals surface area (Å²) in [4.78, 5) is 64.2. The maximum Gasteiger partial charge on any atom is 0.287 e. The number of rotatable bonds is 7. The van der Waals surface area contributed by atoms with Gasteiger partial charge in [0, 0.05) is 12.1 Å². The maximum atomic E-state index is 12.4. The number of nitrogens with zero attached hydrogens (tertiary/aromatic N) is 4. The third kappa shape index (κ3) is 3.64. The molecular formula is C14H6N4O10. The van der Waals surface area contributed by atoms with E-state index in [1.54, 1.807) is 0 Å². The molecule has 142 valence electrons. The Bertz CT molecular complexity index is 992. The minimum Gasteiger partial charge on any atom is -0.285 e. The molecule has 2 aromatic carbocycles. The first-order valence-electron chi connectivity index (χ1n) is 6.99. The summed E-state index contributed by atoms with van der Waals surface area (Å²) in [6, 6.07) is 3.77. The van der Waals surface area contributed by atoms with Crippen molar-refractivity contribution < 1.29 is 29.3 Å². The Hall–Kier alpha value is -4.62. The second-order valence-corrected chi connectivity index (χ2v) is 5.09. The van der Waals surface area contributed by atoms with Gasteiger partial charge >= 0.3 is 0 Å². The summed E-state index contributed by atoms with van der Waals surface area (Å²) < 4.78 is 0. The smallest absolute Gasteiger partial charge is 0.285 e. The summed E-state index contributed by atoms with van der Waals surface area (Å²) in [5, 5.41) is 43.6. The molecule has 0 unspecified atom stereocenters. The van der Waals surface area contributed by atoms with E-state index in [4.69, 9.17) is 0 Å². The Kier molecular flexibility index (Phi) is 5.15. The fourth-order valence-corrected chi connectivity index (χ4v) is 2.20. The summed E-state index contributed by atoms with van der Waals surface area (Å²) in [6.45, 7) is 0. The van der Waals surface area contributed by atoms with Gasteiger partial charge in [-0.15, -0.1) is 0 Å². The van der Waals surface area contributed by atoms with Crippen LogP contribution in [0.25, 0.3) is 0 Å². The molecule has 0 bridgehead atoms. The molecule has 0 heterocycles. The van der Waals surface area contributed by atoms with Crippen LogP contribution < -0.4 is 0 Å². The van der Waals surface area contributed by atoms with Crippen molar-refractivity contribution in [1.82, 2.24) is 0 Å². The molecule has 0 atom stereocenters. The van der Waals surface area contributed by atoms with Crippen molar-refractivity contribution in [3.8, 4) is 0 Å². The first-order valence-corrected chi connectivity index (χ1v) is 6.99. The average molecular weight is 390 g/mol. The topological polar surface area (TPSA) is 207 Å². The second-order valence-electron chi connectivity index (χ2n) is 5.09. The van der Waals surface area contributed by atoms with Gasteiger partial charge in [-0.05, 0) is 12.1 Å². The lowest BCUT2D eigenvalue weighted by Crippen LogP contribution is -2.17. The van der Waals surface area contributed by atoms with Crippen LogP contribution in [-0.4, -0.2) is 31.3 Å². The van der Waals surface area contributed by atoms with Crippen LogP contribution in [0.1, 0.15) is 20.7 Å². The average Bonchev–Trinajstić information content (AvgIpc) is 2.65. The van der Waals surface area contributed by atoms with Gasteiger partial charge in [0.2, 0.25) is 11.6 Å². The van der Waals surface area contributed by atoms with E-state index in [0.29, 0.717) is 24.3 Å². The normalized spacial score (nSPS) is 10.1. The molecule has 0 N–H and O–H groups in total. The molecule has 14 heteroatoms. The summed E-state index contributed by atoms with van der Waals surface area (Å²) in [5.41, 5.74) is -5.16. The highest BCUT2D eigenvalue weighted by molar-refractivity contribution is 6.50. The van der Waals surface area contributed by atoms with E-state index in [9.17, 15) is 50.0 Å². The minimum atomic E-state index is -1.54. The molecule has 2 rings (SSSR count). The Morgan fingerprint density at radius 1 is 0.571 bits per heavy atom. The number of nitro benzene ring substituents is 4. The van der Waals surface area contributed by atoms with Gasteiger partial charge in [0.15, 0.2) is 0 Å². The molecular weight excluding hydrogens is 384 g/mol. The fraction of sp³-hybridized carbons (Fsp3) is 0. The van der Waals surface area contributed by atoms with E-state index >= 15 is 0 Å². The molecule has 0 aliphatic heterocycles. The maximum absolute atomic E-state index is 12.4. The third-order valence-electron chi connectivity index (χ3n) is 3.47. The molecule has 0 aliphatic carbocycles. The van der Waals surface area contributed by atoms with Crippen molar-refractivity contribution in [2.45, 2.75) is 0 Å². The molecule has 0 radical (unpaired) electrons. The van der Waals surface area contributed by atoms with Crippen LogP contribution in [0.15, 0.2) is 36.4 Å². The van der Waals surface area contributed by atoms with Crippen molar-refractivity contribution in [1.29, 1.82) is 0 Å². The number of hydrogen-bond donors (Lipinski definition) is 0. The van der Waals surface area contributed by atoms with Crippen LogP contribution in [0.4, 0.5) is 22.7 Å². The highest BCUT2D eigenvalue weighted by atomic mass is 16.6. The summed E-state index contributed by atoms with van der Waals surface area (Å²) in [7, 11) is 0. The quantitative estimate of drug-likeness (QED) is 0.291. The Labute approximate surface area is 152 Å². The lowest BCUT2D eigenvalue weighted by atomic mass is 9.98. The van der Waals surface area contributed by atoms with Crippen molar-refractivity contribution in [2.24, 2.45) is 0 Å². The molecule has 2 aromatic rings. The van der Waals surface area contributed by atoms with Crippen molar-refractivity contribution in [3.05, 3.63) is 88.0 Å². The number of carbonyl (C=O) groups excluding carboxylic acids is 2. The number of benzene rings is 2. The van der Waals surface area contributed by atoms with E-state index in [0.717, 1.165) is 12.1 Å². The molecule has 28 heavy (non-hydrogen) atoms. The summed E-state index contributed by atoms with van der Waals surface area (Å²) in [5.74, 6) is -3.09. The van der Waals surface area contributed by atoms with Crippen LogP contribution in [0.3, 0.4) is 0 Å². The third-order valence-corrected chi connectivity index (χ3v) is 3.47. The fourth-order valence-electron chi connectivity index (χ4n) is 2.20. The number of non-ortho nitro benzene ring substituents is 2. The van der Waals surface area contributed by atoms with E-state index in [1.807, 2.05) is 0 Å². The zero-order valence-corrected chi connectivity index (χ0v) is 13.3. The van der Waals surface area contributed by atoms with E-state index in [-0.39, 0.29) is 0 Å². The predicted octanol–water partition coefficient (Wildman–Crippen LogP) is 2.39. The van der Waals surface area contributed by atoms with Crippen LogP contribution in [0.5, 0.6) is 0 Å². The van der Waals surface area contributed by atoms with Gasteiger partial charge in [-0.1, -0.05) is 0 Å². The molecule has 0 spiro atoms. The van der Waals surface area contributed by atoms with Crippen LogP contribution in [0, 0.1) is 40.5 Å². The number of ketones is 2. The molecule has 0 aromatic heterocycles. The van der Waals surface area contributed by atoms with Gasteiger partial charge in [0.1, 0.15) is 11.1 Å². The van der Waals surface area contributed by atoms with Crippen LogP contribution in [-0.2, 0) is 0 Å². The largest absolute Gasteiger partial charge is 0.287 e. The Morgan fingerprint density at radius 2 is 0.893 bits per heavy atom. The van der Waals surface area contributed by atoms with E-state index in [1.165, 1.54) is 0 Å². The molecule has 0 saturated heterocycles. The second kappa shape index (κ2) is 7.32. The van der Waals surface area contributed by atoms with Gasteiger partial charge in [-0.25, -0.2) is 0 Å². The number of hydrogen-bond acceptors (Lipinski definition) is 10. The lowest BCUT2D eigenvalue weighted by Gasteiger charge is -2.04. The van der Waals surface area contributed by atoms with Crippen molar-refractivity contribution >= 4 is 34.3 Å². The SMILES string of the molecule is O=C(C(=O)c1ccc([N+](=O)[O-])cc1[N+](=O)[O-])c1ccc([N+](=O)[O-])cc1[N+](=O)[O-]. The monoisotopic (exact) mass is 390 g/mol. The highest BCUT2D eigenvalue weighted by Gasteiger charge is 2.33. The van der Waals surface area contributed by atoms with Crippen molar-refractivity contribution in [2.75, 3.05) is 0 Å². The van der Waals surface area contributed by atoms with Gasteiger partial charge in [0.05, 0.1) is 31.8 Å². The van der Waals surface area contributed by atoms with Crippen LogP contribution in [0.2, 0.25) is 0 Å². The Balaban J connectivity index is 2.58. The van der Waals surface area contributed by atoms with E-state index in [2.05, 4.69) is 0 Å². The number of Topliss-reactive ketones (excluding diaryl/α,β-unsaturated/α-hetero) is 2. The van der Waals surface area contributed by atoms with Gasteiger partial charge in [-0.3, -0.25) is 50.0 Å². The van der Waals surface area contributed by atoms with Crippen LogP contribution >= 0.6 is 0 Å². The van der Waals surface area contributed by atoms with Gasteiger partial charge < -0.3 is 0 Å². The molecule has 0 amide bonds. The van der Waals surface area contributed by atoms with E-state index < -0.39 is 65.1 Å². The zero-order chi connectivity index (χ0) is 21.2. The van der Waals surface area contributed by atoms with Gasteiger partial charge in [0.25, 0.3) is 22.7 Å². The number of carbonyl (C=O) groups is 2. The molecule has 14 nitrogen and oxygen atoms in total. The standard InChI is InChI=1S/C14H6N4O10/c19-13(9-3-1-7(15(21)22)5-11(9)17(25)26)14(20)10-4-2-8(16(23)24)6-12(10)18(27)28/h1-6H. The minimum absolute atomic E-state index is 0.463. The summed E-state index contributed by atoms with van der Waals surface area (Å²) >= 11 is 0. The highest BCUT2D eigenvalue weighted by Crippen LogP contribution is 2.29. The predicted molar refractivity (Wildman–Crippen MR) is 88.2 cm³/mol. The molecule has 0 saturated carbocycles. The first-order chi connectivity index (χ1) is 13.0. The lowest BCUT2D eigenvalue weighted by molar-refractivity contribution is -0.394. The Morgan fingerprint density at radius 3 is 1.14 bits per heavy atom. The zero-order valence-electron chi connectivity index (χ0n) is 13.3. The molecule has 0 aliphatic rings. The number of nitro groups is 4.